The van der Waals surface area contributed by atoms with Gasteiger partial charge in [0.15, 0.2) is 0 Å². The second-order valence-electron chi connectivity index (χ2n) is 9.73. The fourth-order valence-corrected chi connectivity index (χ4v) is 11.4. The van der Waals surface area contributed by atoms with E-state index in [0.29, 0.717) is 5.75 Å². The molecule has 1 fully saturated rings. The number of carbonyl (C=O) groups is 1. The van der Waals surface area contributed by atoms with Gasteiger partial charge in [-0.15, -0.1) is 0 Å². The van der Waals surface area contributed by atoms with Crippen LogP contribution in [0.4, 0.5) is 11.4 Å². The van der Waals surface area contributed by atoms with Gasteiger partial charge in [-0.25, -0.2) is 0 Å². The molecule has 1 heterocycles. The average Bonchev–Trinajstić information content (AvgIpc) is 3.18. The predicted octanol–water partition coefficient (Wildman–Crippen LogP) is 7.82. The SMILES string of the molecule is C.CC(=O)Oc1ccccc1[CH]=[Ru]([Cl])([Cl])=[C]1N(c2c(C)cc(C)cc2C)CCN1c1c(C)cc(C)cc1C. The van der Waals surface area contributed by atoms with Crippen LogP contribution in [0.2, 0.25) is 0 Å². The number of para-hydroxylation sites is 1. The van der Waals surface area contributed by atoms with Crippen LogP contribution in [-0.2, 0) is 16.7 Å². The molecule has 7 heteroatoms. The second kappa shape index (κ2) is 11.8. The van der Waals surface area contributed by atoms with Gasteiger partial charge in [-0.05, 0) is 0 Å². The van der Waals surface area contributed by atoms with Crippen LogP contribution in [-0.4, -0.2) is 28.0 Å². The standard InChI is InChI=1S/C21H26N2.C9H8O2.CH4.2ClH.Ru/c1-14-9-16(3)20(17(4)10-14)22-7-8-23(13-22)21-18(5)11-15(2)12-19(21)6;1-7-5-3-4-6-9(7)11-8(2)10;;;;/h9-12H,7-8H2,1-6H3;1,3-6H,2H3;1H4;2*1H;/q;;;;;+2/p-2. The van der Waals surface area contributed by atoms with Crippen LogP contribution in [0, 0.1) is 41.5 Å². The number of esters is 1. The molecule has 0 aliphatic carbocycles. The van der Waals surface area contributed by atoms with Crippen LogP contribution >= 0.6 is 19.4 Å². The predicted molar refractivity (Wildman–Crippen MR) is 162 cm³/mol. The molecule has 0 amide bonds. The van der Waals surface area contributed by atoms with Gasteiger partial charge in [0.2, 0.25) is 0 Å². The van der Waals surface area contributed by atoms with Crippen LogP contribution < -0.4 is 14.5 Å². The number of nitrogens with zero attached hydrogens (tertiary/aromatic N) is 2. The van der Waals surface area contributed by atoms with E-state index in [4.69, 9.17) is 24.1 Å². The molecular weight excluding hydrogens is 604 g/mol. The summed E-state index contributed by atoms with van der Waals surface area (Å²) in [5.41, 5.74) is 10.3. The number of benzene rings is 3. The minimum atomic E-state index is -3.73. The Morgan fingerprint density at radius 2 is 1.24 bits per heavy atom. The molecule has 4 nitrogen and oxygen atoms in total. The third-order valence-electron chi connectivity index (χ3n) is 6.41. The van der Waals surface area contributed by atoms with Gasteiger partial charge in [-0.2, -0.15) is 0 Å². The molecule has 0 radical (unpaired) electrons. The molecule has 0 spiro atoms. The van der Waals surface area contributed by atoms with Gasteiger partial charge in [0, 0.05) is 0 Å². The van der Waals surface area contributed by atoms with Gasteiger partial charge in [0.1, 0.15) is 0 Å². The van der Waals surface area contributed by atoms with E-state index >= 15 is 0 Å². The first kappa shape index (κ1) is 30.2. The average molecular weight is 643 g/mol. The Kier molecular flexibility index (Phi) is 9.40. The van der Waals surface area contributed by atoms with Crippen molar-refractivity contribution in [2.75, 3.05) is 22.9 Å². The number of anilines is 2. The number of ether oxygens (including phenoxy) is 1. The number of carbonyl (C=O) groups excluding carboxylic acids is 1. The number of aryl methyl sites for hydroxylation is 6. The Morgan fingerprint density at radius 1 is 0.816 bits per heavy atom. The number of hydrogen-bond donors (Lipinski definition) is 0. The van der Waals surface area contributed by atoms with Crippen molar-refractivity contribution in [2.24, 2.45) is 0 Å². The fourth-order valence-electron chi connectivity index (χ4n) is 5.37. The van der Waals surface area contributed by atoms with Crippen LogP contribution in [0.5, 0.6) is 5.75 Å². The van der Waals surface area contributed by atoms with Gasteiger partial charge in [-0.1, -0.05) is 7.43 Å². The van der Waals surface area contributed by atoms with Crippen molar-refractivity contribution >= 4 is 45.7 Å². The van der Waals surface area contributed by atoms with Crippen LogP contribution in [0.25, 0.3) is 0 Å². The molecule has 1 aliphatic heterocycles. The molecular formula is C31H38Cl2N2O2Ru. The van der Waals surface area contributed by atoms with E-state index < -0.39 is 11.9 Å². The van der Waals surface area contributed by atoms with Crippen molar-refractivity contribution < 1.29 is 21.4 Å². The summed E-state index contributed by atoms with van der Waals surface area (Å²) in [7, 11) is 14.9. The summed E-state index contributed by atoms with van der Waals surface area (Å²) in [5, 5.41) is 0. The van der Waals surface area contributed by atoms with Crippen molar-refractivity contribution in [3.8, 4) is 5.75 Å². The van der Waals surface area contributed by atoms with E-state index in [1.807, 2.05) is 22.8 Å². The molecule has 0 N–H and O–H groups in total. The van der Waals surface area contributed by atoms with E-state index in [2.05, 4.69) is 75.6 Å². The summed E-state index contributed by atoms with van der Waals surface area (Å²) in [6.07, 6.45) is 0. The first-order valence-corrected chi connectivity index (χ1v) is 18.6. The summed E-state index contributed by atoms with van der Waals surface area (Å²) in [6, 6.07) is 16.2. The topological polar surface area (TPSA) is 32.8 Å². The van der Waals surface area contributed by atoms with E-state index in [9.17, 15) is 4.79 Å². The third kappa shape index (κ3) is 6.11. The molecule has 0 unspecified atom stereocenters. The zero-order valence-electron chi connectivity index (χ0n) is 22.4. The summed E-state index contributed by atoms with van der Waals surface area (Å²) in [6.45, 7) is 15.8. The Morgan fingerprint density at radius 3 is 1.66 bits per heavy atom. The van der Waals surface area contributed by atoms with Crippen molar-refractivity contribution in [3.05, 3.63) is 87.5 Å². The molecule has 3 aromatic rings. The van der Waals surface area contributed by atoms with Gasteiger partial charge in [-0.3, -0.25) is 0 Å². The van der Waals surface area contributed by atoms with Gasteiger partial charge in [0.05, 0.1) is 0 Å². The van der Waals surface area contributed by atoms with E-state index in [1.54, 1.807) is 6.07 Å². The third-order valence-corrected chi connectivity index (χ3v) is 11.9. The Bertz CT molecular complexity index is 1400. The van der Waals surface area contributed by atoms with Gasteiger partial charge in [0.25, 0.3) is 0 Å². The Hall–Kier alpha value is -2.33. The molecule has 3 aromatic carbocycles. The van der Waals surface area contributed by atoms with Crippen LogP contribution in [0.3, 0.4) is 0 Å². The maximum absolute atomic E-state index is 11.8. The fraction of sp³-hybridized carbons (Fsp3) is 0.323. The molecule has 38 heavy (non-hydrogen) atoms. The number of rotatable bonds is 4. The summed E-state index contributed by atoms with van der Waals surface area (Å²) in [5.74, 6) is 0.0817. The molecule has 0 saturated carbocycles. The van der Waals surface area contributed by atoms with E-state index in [1.165, 1.54) is 40.3 Å². The van der Waals surface area contributed by atoms with E-state index in [0.717, 1.165) is 34.4 Å². The zero-order valence-corrected chi connectivity index (χ0v) is 25.7. The van der Waals surface area contributed by atoms with Crippen LogP contribution in [0.15, 0.2) is 48.5 Å². The van der Waals surface area contributed by atoms with Crippen molar-refractivity contribution in [1.82, 2.24) is 0 Å². The molecule has 0 bridgehead atoms. The zero-order chi connectivity index (χ0) is 27.1. The quantitative estimate of drug-likeness (QED) is 0.165. The Balaban J connectivity index is 0.00000400. The van der Waals surface area contributed by atoms with Crippen LogP contribution in [0.1, 0.15) is 53.3 Å². The first-order chi connectivity index (χ1) is 17.4. The molecule has 1 aliphatic rings. The molecule has 1 saturated heterocycles. The second-order valence-corrected chi connectivity index (χ2v) is 19.0. The number of halogens is 2. The van der Waals surface area contributed by atoms with Crippen molar-refractivity contribution in [1.29, 1.82) is 0 Å². The summed E-state index contributed by atoms with van der Waals surface area (Å²) >= 11 is -3.73. The summed E-state index contributed by atoms with van der Waals surface area (Å²) in [4.78, 5) is 16.4. The molecule has 4 rings (SSSR count). The molecule has 0 aromatic heterocycles. The van der Waals surface area contributed by atoms with E-state index in [-0.39, 0.29) is 13.4 Å². The minimum absolute atomic E-state index is 0. The monoisotopic (exact) mass is 642 g/mol. The van der Waals surface area contributed by atoms with Crippen molar-refractivity contribution in [3.63, 3.8) is 0 Å². The first-order valence-electron chi connectivity index (χ1n) is 12.2. The van der Waals surface area contributed by atoms with Gasteiger partial charge >= 0.3 is 232 Å². The Labute approximate surface area is 238 Å². The molecule has 0 atom stereocenters. The van der Waals surface area contributed by atoms with Crippen molar-refractivity contribution in [2.45, 2.75) is 55.9 Å². The maximum atomic E-state index is 11.8. The summed E-state index contributed by atoms with van der Waals surface area (Å²) < 4.78 is 8.36. The normalized spacial score (nSPS) is 13.9. The van der Waals surface area contributed by atoms with Gasteiger partial charge < -0.3 is 0 Å². The number of hydrogen-bond acceptors (Lipinski definition) is 4. The molecule has 206 valence electrons.